The van der Waals surface area contributed by atoms with Crippen LogP contribution in [0.1, 0.15) is 25.7 Å². The van der Waals surface area contributed by atoms with Gasteiger partial charge in [-0.05, 0) is 36.7 Å². The topological polar surface area (TPSA) is 20.2 Å². The molecule has 0 fully saturated rings. The van der Waals surface area contributed by atoms with Gasteiger partial charge in [0.2, 0.25) is 0 Å². The molecule has 0 heterocycles. The van der Waals surface area contributed by atoms with Gasteiger partial charge in [-0.25, -0.2) is 0 Å². The van der Waals surface area contributed by atoms with Gasteiger partial charge in [-0.15, -0.1) is 0 Å². The summed E-state index contributed by atoms with van der Waals surface area (Å²) in [7, 11) is 0. The summed E-state index contributed by atoms with van der Waals surface area (Å²) in [5, 5.41) is 8.92. The van der Waals surface area contributed by atoms with Crippen molar-refractivity contribution in [2.24, 2.45) is 5.41 Å². The number of aliphatic hydroxyl groups excluding tert-OH is 1. The van der Waals surface area contributed by atoms with E-state index >= 15 is 0 Å². The van der Waals surface area contributed by atoms with Crippen LogP contribution in [0.5, 0.6) is 0 Å². The standard InChI is InChI=1S/C10H14O/c11-8-9-3-6-10(7-9)4-1-2-5-10/h1-2,7,11H,3-6,8H2. The van der Waals surface area contributed by atoms with E-state index < -0.39 is 0 Å². The van der Waals surface area contributed by atoms with Crippen LogP contribution in [0.3, 0.4) is 0 Å². The Kier molecular flexibility index (Phi) is 1.61. The summed E-state index contributed by atoms with van der Waals surface area (Å²) < 4.78 is 0. The maximum atomic E-state index is 8.92. The van der Waals surface area contributed by atoms with Gasteiger partial charge < -0.3 is 5.11 Å². The molecule has 0 amide bonds. The third-order valence-electron chi connectivity index (χ3n) is 2.87. The van der Waals surface area contributed by atoms with Crippen LogP contribution in [0.15, 0.2) is 23.8 Å². The van der Waals surface area contributed by atoms with Gasteiger partial charge in [0.1, 0.15) is 0 Å². The van der Waals surface area contributed by atoms with Gasteiger partial charge in [-0.3, -0.25) is 0 Å². The summed E-state index contributed by atoms with van der Waals surface area (Å²) in [5.41, 5.74) is 1.67. The SMILES string of the molecule is OCC1=CC2(CC=CC2)CC1. The van der Waals surface area contributed by atoms with Gasteiger partial charge >= 0.3 is 0 Å². The second-order valence-corrected chi connectivity index (χ2v) is 3.70. The predicted molar refractivity (Wildman–Crippen MR) is 45.2 cm³/mol. The lowest BCUT2D eigenvalue weighted by molar-refractivity contribution is 0.328. The molecule has 0 aliphatic heterocycles. The monoisotopic (exact) mass is 150 g/mol. The van der Waals surface area contributed by atoms with E-state index in [4.69, 9.17) is 5.11 Å². The molecule has 2 rings (SSSR count). The second-order valence-electron chi connectivity index (χ2n) is 3.70. The molecule has 1 N–H and O–H groups in total. The lowest BCUT2D eigenvalue weighted by atomic mass is 9.85. The third-order valence-corrected chi connectivity index (χ3v) is 2.87. The van der Waals surface area contributed by atoms with E-state index in [2.05, 4.69) is 18.2 Å². The van der Waals surface area contributed by atoms with E-state index in [0.29, 0.717) is 5.41 Å². The van der Waals surface area contributed by atoms with Gasteiger partial charge in [0.15, 0.2) is 0 Å². The fourth-order valence-electron chi connectivity index (χ4n) is 2.15. The average Bonchev–Trinajstić information content (AvgIpc) is 2.62. The molecule has 2 aliphatic carbocycles. The molecule has 0 saturated carbocycles. The highest BCUT2D eigenvalue weighted by Crippen LogP contribution is 2.45. The molecule has 11 heavy (non-hydrogen) atoms. The highest BCUT2D eigenvalue weighted by molar-refractivity contribution is 5.22. The van der Waals surface area contributed by atoms with E-state index in [1.54, 1.807) is 0 Å². The van der Waals surface area contributed by atoms with Crippen molar-refractivity contribution in [2.45, 2.75) is 25.7 Å². The van der Waals surface area contributed by atoms with Gasteiger partial charge in [0, 0.05) is 0 Å². The first kappa shape index (κ1) is 7.11. The summed E-state index contributed by atoms with van der Waals surface area (Å²) in [4.78, 5) is 0. The van der Waals surface area contributed by atoms with Crippen LogP contribution in [0.25, 0.3) is 0 Å². The molecular formula is C10H14O. The van der Waals surface area contributed by atoms with E-state index in [-0.39, 0.29) is 6.61 Å². The number of hydrogen-bond donors (Lipinski definition) is 1. The Morgan fingerprint density at radius 2 is 2.09 bits per heavy atom. The molecule has 0 bridgehead atoms. The lowest BCUT2D eigenvalue weighted by Gasteiger charge is -2.18. The Labute approximate surface area is 67.4 Å². The number of hydrogen-bond acceptors (Lipinski definition) is 1. The molecule has 0 aromatic heterocycles. The van der Waals surface area contributed by atoms with Crippen LogP contribution in [0, 0.1) is 5.41 Å². The van der Waals surface area contributed by atoms with E-state index in [1.807, 2.05) is 0 Å². The molecule has 2 aliphatic rings. The molecule has 0 unspecified atom stereocenters. The van der Waals surface area contributed by atoms with Gasteiger partial charge in [0.25, 0.3) is 0 Å². The van der Waals surface area contributed by atoms with Crippen molar-refractivity contribution in [1.82, 2.24) is 0 Å². The minimum absolute atomic E-state index is 0.266. The van der Waals surface area contributed by atoms with Crippen molar-refractivity contribution in [1.29, 1.82) is 0 Å². The quantitative estimate of drug-likeness (QED) is 0.567. The Morgan fingerprint density at radius 1 is 1.36 bits per heavy atom. The van der Waals surface area contributed by atoms with Crippen LogP contribution in [-0.2, 0) is 0 Å². The zero-order valence-electron chi connectivity index (χ0n) is 6.71. The van der Waals surface area contributed by atoms with Crippen molar-refractivity contribution in [3.8, 4) is 0 Å². The maximum absolute atomic E-state index is 8.92. The number of aliphatic hydroxyl groups is 1. The molecule has 0 radical (unpaired) electrons. The van der Waals surface area contributed by atoms with Gasteiger partial charge in [-0.1, -0.05) is 18.2 Å². The summed E-state index contributed by atoms with van der Waals surface area (Å²) in [6.45, 7) is 0.266. The molecular weight excluding hydrogens is 136 g/mol. The Balaban J connectivity index is 2.13. The van der Waals surface area contributed by atoms with Gasteiger partial charge in [-0.2, -0.15) is 0 Å². The van der Waals surface area contributed by atoms with Crippen LogP contribution in [-0.4, -0.2) is 11.7 Å². The van der Waals surface area contributed by atoms with Crippen molar-refractivity contribution < 1.29 is 5.11 Å². The number of allylic oxidation sites excluding steroid dienone is 3. The van der Waals surface area contributed by atoms with Crippen LogP contribution >= 0.6 is 0 Å². The smallest absolute Gasteiger partial charge is 0.0641 e. The van der Waals surface area contributed by atoms with Gasteiger partial charge in [0.05, 0.1) is 6.61 Å². The first-order valence-electron chi connectivity index (χ1n) is 4.31. The average molecular weight is 150 g/mol. The molecule has 0 atom stereocenters. The minimum atomic E-state index is 0.266. The largest absolute Gasteiger partial charge is 0.392 e. The first-order chi connectivity index (χ1) is 5.35. The zero-order chi connectivity index (χ0) is 7.73. The van der Waals surface area contributed by atoms with Crippen LogP contribution in [0.2, 0.25) is 0 Å². The highest BCUT2D eigenvalue weighted by Gasteiger charge is 2.32. The van der Waals surface area contributed by atoms with E-state index in [0.717, 1.165) is 6.42 Å². The van der Waals surface area contributed by atoms with Crippen LogP contribution in [0.4, 0.5) is 0 Å². The van der Waals surface area contributed by atoms with Crippen LogP contribution < -0.4 is 0 Å². The van der Waals surface area contributed by atoms with E-state index in [1.165, 1.54) is 24.8 Å². The number of rotatable bonds is 1. The van der Waals surface area contributed by atoms with Crippen molar-refractivity contribution in [3.05, 3.63) is 23.8 Å². The highest BCUT2D eigenvalue weighted by atomic mass is 16.3. The summed E-state index contributed by atoms with van der Waals surface area (Å²) in [5.74, 6) is 0. The molecule has 60 valence electrons. The zero-order valence-corrected chi connectivity index (χ0v) is 6.71. The summed E-state index contributed by atoms with van der Waals surface area (Å²) in [6.07, 6.45) is 11.6. The third kappa shape index (κ3) is 1.14. The molecule has 0 aromatic carbocycles. The minimum Gasteiger partial charge on any atom is -0.392 e. The normalized spacial score (nSPS) is 26.5. The molecule has 1 heteroatoms. The van der Waals surface area contributed by atoms with Crippen molar-refractivity contribution >= 4 is 0 Å². The Hall–Kier alpha value is -0.560. The Bertz CT molecular complexity index is 205. The second kappa shape index (κ2) is 2.49. The predicted octanol–water partition coefficient (Wildman–Crippen LogP) is 2.04. The lowest BCUT2D eigenvalue weighted by Crippen LogP contribution is -2.08. The molecule has 1 nitrogen and oxygen atoms in total. The Morgan fingerprint density at radius 3 is 2.64 bits per heavy atom. The molecule has 0 saturated heterocycles. The van der Waals surface area contributed by atoms with Crippen molar-refractivity contribution in [3.63, 3.8) is 0 Å². The summed E-state index contributed by atoms with van der Waals surface area (Å²) in [6, 6.07) is 0. The summed E-state index contributed by atoms with van der Waals surface area (Å²) >= 11 is 0. The fraction of sp³-hybridized carbons (Fsp3) is 0.600. The first-order valence-corrected chi connectivity index (χ1v) is 4.31. The molecule has 1 spiro atoms. The maximum Gasteiger partial charge on any atom is 0.0641 e. The fourth-order valence-corrected chi connectivity index (χ4v) is 2.15. The van der Waals surface area contributed by atoms with E-state index in [9.17, 15) is 0 Å². The van der Waals surface area contributed by atoms with Crippen molar-refractivity contribution in [2.75, 3.05) is 6.61 Å². The molecule has 0 aromatic rings.